The molecule has 2 aromatic rings. The molecule has 2 heterocycles. The fraction of sp³-hybridized carbons (Fsp3) is 0.346. The molecule has 0 fully saturated rings. The molecule has 0 atom stereocenters. The van der Waals surface area contributed by atoms with Gasteiger partial charge in [0.1, 0.15) is 11.7 Å². The van der Waals surface area contributed by atoms with Gasteiger partial charge in [-0.25, -0.2) is 4.99 Å². The zero-order valence-corrected chi connectivity index (χ0v) is 19.1. The van der Waals surface area contributed by atoms with Crippen LogP contribution >= 0.6 is 0 Å². The van der Waals surface area contributed by atoms with Gasteiger partial charge in [-0.3, -0.25) is 9.79 Å². The lowest BCUT2D eigenvalue weighted by Crippen LogP contribution is -2.36. The zero-order chi connectivity index (χ0) is 22.7. The lowest BCUT2D eigenvalue weighted by atomic mass is 10.0. The Morgan fingerprint density at radius 1 is 1.22 bits per heavy atom. The summed E-state index contributed by atoms with van der Waals surface area (Å²) in [4.78, 5) is 24.5. The van der Waals surface area contributed by atoms with Gasteiger partial charge in [0.05, 0.1) is 12.2 Å². The van der Waals surface area contributed by atoms with Gasteiger partial charge in [-0.05, 0) is 36.1 Å². The van der Waals surface area contributed by atoms with Gasteiger partial charge in [-0.2, -0.15) is 0 Å². The van der Waals surface area contributed by atoms with E-state index in [4.69, 9.17) is 10.7 Å². The Labute approximate surface area is 189 Å². The van der Waals surface area contributed by atoms with Gasteiger partial charge >= 0.3 is 0 Å². The van der Waals surface area contributed by atoms with Gasteiger partial charge in [0.15, 0.2) is 0 Å². The van der Waals surface area contributed by atoms with E-state index >= 15 is 0 Å². The summed E-state index contributed by atoms with van der Waals surface area (Å²) in [5, 5.41) is 3.42. The van der Waals surface area contributed by atoms with Crippen LogP contribution in [-0.2, 0) is 11.3 Å². The smallest absolute Gasteiger partial charge is 0.250 e. The van der Waals surface area contributed by atoms with Crippen LogP contribution in [0.3, 0.4) is 0 Å². The van der Waals surface area contributed by atoms with Crippen LogP contribution in [0.1, 0.15) is 50.3 Å². The second-order valence-electron chi connectivity index (χ2n) is 8.82. The third-order valence-electron chi connectivity index (χ3n) is 5.59. The second-order valence-corrected chi connectivity index (χ2v) is 8.82. The molecule has 0 saturated heterocycles. The van der Waals surface area contributed by atoms with E-state index in [1.807, 2.05) is 41.3 Å². The van der Waals surface area contributed by atoms with Crippen molar-refractivity contribution in [2.75, 3.05) is 18.4 Å². The number of nitrogens with zero attached hydrogens (tertiary/aromatic N) is 3. The van der Waals surface area contributed by atoms with Crippen LogP contribution in [0, 0.1) is 5.92 Å². The van der Waals surface area contributed by atoms with Crippen molar-refractivity contribution >= 4 is 35.0 Å². The first-order chi connectivity index (χ1) is 15.4. The average molecular weight is 430 g/mol. The molecule has 1 amide bonds. The van der Waals surface area contributed by atoms with Gasteiger partial charge in [-0.1, -0.05) is 51.1 Å². The molecule has 0 spiro atoms. The van der Waals surface area contributed by atoms with E-state index in [0.717, 1.165) is 47.8 Å². The predicted molar refractivity (Wildman–Crippen MR) is 132 cm³/mol. The van der Waals surface area contributed by atoms with Gasteiger partial charge in [0.2, 0.25) is 5.91 Å². The second kappa shape index (κ2) is 9.39. The number of nitrogens with one attached hydrogen (secondary N) is 1. The van der Waals surface area contributed by atoms with Crippen molar-refractivity contribution in [3.63, 3.8) is 0 Å². The van der Waals surface area contributed by atoms with Crippen LogP contribution in [0.5, 0.6) is 0 Å². The first-order valence-electron chi connectivity index (χ1n) is 11.3. The van der Waals surface area contributed by atoms with Gasteiger partial charge in [-0.15, -0.1) is 0 Å². The van der Waals surface area contributed by atoms with Crippen molar-refractivity contribution in [3.05, 3.63) is 64.7 Å². The molecule has 6 heteroatoms. The monoisotopic (exact) mass is 429 g/mol. The Bertz CT molecular complexity index is 1110. The fourth-order valence-corrected chi connectivity index (χ4v) is 4.14. The van der Waals surface area contributed by atoms with E-state index in [9.17, 15) is 4.79 Å². The SMILES string of the molecule is CCCN(CC(C)C)C(=O)C1=Cc2ccc(C3=NCc4ccccc4N3)cc2N=C(N)C1. The van der Waals surface area contributed by atoms with E-state index in [1.165, 1.54) is 5.56 Å². The molecule has 2 aromatic carbocycles. The van der Waals surface area contributed by atoms with Crippen molar-refractivity contribution in [2.45, 2.75) is 40.2 Å². The number of hydrogen-bond donors (Lipinski definition) is 2. The minimum absolute atomic E-state index is 0.0468. The Hall–Kier alpha value is -3.41. The van der Waals surface area contributed by atoms with Crippen LogP contribution in [0.15, 0.2) is 58.0 Å². The number of amides is 1. The van der Waals surface area contributed by atoms with E-state index in [0.29, 0.717) is 30.3 Å². The highest BCUT2D eigenvalue weighted by atomic mass is 16.2. The summed E-state index contributed by atoms with van der Waals surface area (Å²) in [5.74, 6) is 1.72. The predicted octanol–water partition coefficient (Wildman–Crippen LogP) is 4.73. The third kappa shape index (κ3) is 4.74. The molecule has 0 aliphatic carbocycles. The van der Waals surface area contributed by atoms with Crippen molar-refractivity contribution in [3.8, 4) is 0 Å². The van der Waals surface area contributed by atoms with Gasteiger partial charge in [0.25, 0.3) is 0 Å². The maximum absolute atomic E-state index is 13.3. The molecule has 0 bridgehead atoms. The van der Waals surface area contributed by atoms with Crippen molar-refractivity contribution in [1.29, 1.82) is 0 Å². The Kier molecular flexibility index (Phi) is 6.40. The lowest BCUT2D eigenvalue weighted by molar-refractivity contribution is -0.127. The number of amidine groups is 2. The lowest BCUT2D eigenvalue weighted by Gasteiger charge is -2.25. The minimum Gasteiger partial charge on any atom is -0.387 e. The normalized spacial score (nSPS) is 14.9. The summed E-state index contributed by atoms with van der Waals surface area (Å²) in [5.41, 5.74) is 11.8. The Morgan fingerprint density at radius 2 is 2.03 bits per heavy atom. The average Bonchev–Trinajstić information content (AvgIpc) is 2.95. The number of rotatable bonds is 6. The number of fused-ring (bicyclic) bond motifs is 2. The van der Waals surface area contributed by atoms with Crippen LogP contribution in [-0.4, -0.2) is 35.6 Å². The summed E-state index contributed by atoms with van der Waals surface area (Å²) in [6.07, 6.45) is 3.22. The van der Waals surface area contributed by atoms with Crippen molar-refractivity contribution < 1.29 is 4.79 Å². The number of carbonyl (C=O) groups excluding carboxylic acids is 1. The molecule has 3 N–H and O–H groups in total. The molecule has 6 nitrogen and oxygen atoms in total. The first kappa shape index (κ1) is 21.8. The molecule has 166 valence electrons. The number of benzene rings is 2. The highest BCUT2D eigenvalue weighted by Crippen LogP contribution is 2.30. The first-order valence-corrected chi connectivity index (χ1v) is 11.3. The topological polar surface area (TPSA) is 83.1 Å². The maximum Gasteiger partial charge on any atom is 0.250 e. The zero-order valence-electron chi connectivity index (χ0n) is 19.1. The Morgan fingerprint density at radius 3 is 2.81 bits per heavy atom. The molecule has 0 saturated carbocycles. The van der Waals surface area contributed by atoms with E-state index in [2.05, 4.69) is 43.2 Å². The molecule has 4 rings (SSSR count). The molecule has 0 radical (unpaired) electrons. The highest BCUT2D eigenvalue weighted by molar-refractivity contribution is 6.11. The molecule has 0 unspecified atom stereocenters. The quantitative estimate of drug-likeness (QED) is 0.696. The van der Waals surface area contributed by atoms with Crippen LogP contribution in [0.4, 0.5) is 11.4 Å². The molecule has 2 aliphatic rings. The summed E-state index contributed by atoms with van der Waals surface area (Å²) < 4.78 is 0. The number of anilines is 1. The summed E-state index contributed by atoms with van der Waals surface area (Å²) in [6, 6.07) is 14.2. The number of carbonyl (C=O) groups is 1. The molecule has 32 heavy (non-hydrogen) atoms. The van der Waals surface area contributed by atoms with Crippen molar-refractivity contribution in [2.24, 2.45) is 21.6 Å². The largest absolute Gasteiger partial charge is 0.387 e. The van der Waals surface area contributed by atoms with E-state index in [1.54, 1.807) is 0 Å². The van der Waals surface area contributed by atoms with Crippen LogP contribution in [0.25, 0.3) is 6.08 Å². The van der Waals surface area contributed by atoms with Crippen LogP contribution in [0.2, 0.25) is 0 Å². The Balaban J connectivity index is 1.63. The summed E-state index contributed by atoms with van der Waals surface area (Å²) in [6.45, 7) is 8.47. The highest BCUT2D eigenvalue weighted by Gasteiger charge is 2.22. The summed E-state index contributed by atoms with van der Waals surface area (Å²) >= 11 is 0. The fourth-order valence-electron chi connectivity index (χ4n) is 4.14. The number of nitrogens with two attached hydrogens (primary N) is 1. The van der Waals surface area contributed by atoms with Crippen LogP contribution < -0.4 is 11.1 Å². The number of aliphatic imine (C=N–C) groups is 2. The number of para-hydroxylation sites is 1. The molecular weight excluding hydrogens is 398 g/mol. The maximum atomic E-state index is 13.3. The van der Waals surface area contributed by atoms with Crippen molar-refractivity contribution in [1.82, 2.24) is 4.90 Å². The summed E-state index contributed by atoms with van der Waals surface area (Å²) in [7, 11) is 0. The van der Waals surface area contributed by atoms with E-state index in [-0.39, 0.29) is 5.91 Å². The third-order valence-corrected chi connectivity index (χ3v) is 5.59. The molecule has 0 aromatic heterocycles. The molecule has 2 aliphatic heterocycles. The molecular formula is C26H31N5O. The van der Waals surface area contributed by atoms with Gasteiger partial charge < -0.3 is 16.0 Å². The number of hydrogen-bond acceptors (Lipinski definition) is 5. The minimum atomic E-state index is 0.0468. The van der Waals surface area contributed by atoms with Gasteiger partial charge in [0, 0.05) is 41.9 Å². The standard InChI is InChI=1S/C26H31N5O/c1-4-11-31(16-17(2)3)26(32)21-12-18-9-10-19(13-23(18)29-24(27)14-21)25-28-15-20-7-5-6-8-22(20)30-25/h5-10,12-13,17H,4,11,14-16H2,1-3H3,(H2,27,29)(H,28,30). The van der Waals surface area contributed by atoms with E-state index < -0.39 is 0 Å².